The third-order valence-electron chi connectivity index (χ3n) is 2.80. The van der Waals surface area contributed by atoms with Crippen molar-refractivity contribution in [1.29, 1.82) is 0 Å². The first-order valence-corrected chi connectivity index (χ1v) is 5.15. The van der Waals surface area contributed by atoms with Crippen LogP contribution in [0.3, 0.4) is 0 Å². The molecule has 2 amide bonds. The molecule has 5 nitrogen and oxygen atoms in total. The molecule has 0 aromatic carbocycles. The Kier molecular flexibility index (Phi) is 2.67. The number of hydrogen-bond acceptors (Lipinski definition) is 3. The van der Waals surface area contributed by atoms with E-state index in [1.54, 1.807) is 18.2 Å². The number of carboxylic acid groups (broad SMARTS) is 1. The molecule has 1 aliphatic heterocycles. The van der Waals surface area contributed by atoms with Gasteiger partial charge in [0, 0.05) is 5.57 Å². The van der Waals surface area contributed by atoms with E-state index in [1.165, 1.54) is 0 Å². The van der Waals surface area contributed by atoms with Crippen LogP contribution in [0.4, 0.5) is 0 Å². The molecule has 1 aliphatic carbocycles. The van der Waals surface area contributed by atoms with E-state index in [4.69, 9.17) is 0 Å². The van der Waals surface area contributed by atoms with Crippen LogP contribution in [-0.2, 0) is 14.4 Å². The maximum atomic E-state index is 11.7. The summed E-state index contributed by atoms with van der Waals surface area (Å²) in [5.74, 6) is -2.29. The number of carbonyl (C=O) groups excluding carboxylic acids is 2. The van der Waals surface area contributed by atoms with Gasteiger partial charge in [0.2, 0.25) is 5.91 Å². The number of imide groups is 1. The van der Waals surface area contributed by atoms with Crippen molar-refractivity contribution in [2.75, 3.05) is 0 Å². The van der Waals surface area contributed by atoms with Gasteiger partial charge in [0.15, 0.2) is 6.04 Å². The number of likely N-dealkylation sites (tertiary alicyclic amines) is 1. The van der Waals surface area contributed by atoms with Gasteiger partial charge in [0.25, 0.3) is 5.91 Å². The van der Waals surface area contributed by atoms with E-state index in [9.17, 15) is 19.5 Å². The Hall–Kier alpha value is -2.17. The number of hydrogen-bond donors (Lipinski definition) is 1. The van der Waals surface area contributed by atoms with Gasteiger partial charge in [-0.25, -0.2) is 4.79 Å². The van der Waals surface area contributed by atoms with Crippen molar-refractivity contribution in [3.05, 3.63) is 36.0 Å². The Morgan fingerprint density at radius 3 is 2.59 bits per heavy atom. The highest BCUT2D eigenvalue weighted by molar-refractivity contribution is 6.15. The normalized spacial score (nSPS) is 21.1. The quantitative estimate of drug-likeness (QED) is 0.573. The second-order valence-corrected chi connectivity index (χ2v) is 3.96. The maximum absolute atomic E-state index is 11.7. The predicted molar refractivity (Wildman–Crippen MR) is 58.9 cm³/mol. The highest BCUT2D eigenvalue weighted by atomic mass is 16.4. The van der Waals surface area contributed by atoms with E-state index in [0.29, 0.717) is 12.0 Å². The topological polar surface area (TPSA) is 74.7 Å². The summed E-state index contributed by atoms with van der Waals surface area (Å²) in [6.07, 6.45) is 5.47. The Balaban J connectivity index is 2.34. The molecule has 1 N–H and O–H groups in total. The average molecular weight is 233 g/mol. The van der Waals surface area contributed by atoms with Crippen LogP contribution in [0.5, 0.6) is 0 Å². The summed E-state index contributed by atoms with van der Waals surface area (Å²) in [6.45, 7) is 3.46. The molecule has 2 aliphatic rings. The van der Waals surface area contributed by atoms with E-state index >= 15 is 0 Å². The summed E-state index contributed by atoms with van der Waals surface area (Å²) in [7, 11) is 0. The molecule has 1 atom stereocenters. The van der Waals surface area contributed by atoms with Gasteiger partial charge in [-0.3, -0.25) is 14.5 Å². The highest BCUT2D eigenvalue weighted by Gasteiger charge is 2.42. The molecule has 5 heteroatoms. The molecule has 0 spiro atoms. The summed E-state index contributed by atoms with van der Waals surface area (Å²) >= 11 is 0. The van der Waals surface area contributed by atoms with Crippen LogP contribution in [0.2, 0.25) is 0 Å². The molecular weight excluding hydrogens is 222 g/mol. The second kappa shape index (κ2) is 4.01. The smallest absolute Gasteiger partial charge is 0.331 e. The molecule has 0 aromatic rings. The lowest BCUT2D eigenvalue weighted by molar-refractivity contribution is -0.152. The van der Waals surface area contributed by atoms with Crippen molar-refractivity contribution < 1.29 is 19.5 Å². The minimum Gasteiger partial charge on any atom is -0.479 e. The highest BCUT2D eigenvalue weighted by Crippen LogP contribution is 2.26. The summed E-state index contributed by atoms with van der Waals surface area (Å²) in [4.78, 5) is 35.4. The Morgan fingerprint density at radius 2 is 2.18 bits per heavy atom. The zero-order chi connectivity index (χ0) is 12.6. The molecule has 1 heterocycles. The molecular formula is C12H11NO4. The molecule has 17 heavy (non-hydrogen) atoms. The van der Waals surface area contributed by atoms with Crippen LogP contribution in [-0.4, -0.2) is 33.8 Å². The Bertz CT molecular complexity index is 487. The first kappa shape index (κ1) is 11.3. The molecule has 0 saturated carbocycles. The van der Waals surface area contributed by atoms with Crippen LogP contribution in [0, 0.1) is 0 Å². The lowest BCUT2D eigenvalue weighted by atomic mass is 10.1. The zero-order valence-corrected chi connectivity index (χ0v) is 9.05. The fourth-order valence-electron chi connectivity index (χ4n) is 1.99. The average Bonchev–Trinajstić information content (AvgIpc) is 2.83. The minimum atomic E-state index is -1.20. The number of rotatable bonds is 3. The standard InChI is InChI=1S/C12H11NO4/c1-7-6-9(14)13(11(7)15)10(12(16)17)8-4-2-3-5-8/h2-4,10H,1,5-6H2,(H,16,17). The number of nitrogens with zero attached hydrogens (tertiary/aromatic N) is 1. The molecule has 0 bridgehead atoms. The van der Waals surface area contributed by atoms with Gasteiger partial charge in [-0.15, -0.1) is 0 Å². The molecule has 88 valence electrons. The zero-order valence-electron chi connectivity index (χ0n) is 9.05. The Labute approximate surface area is 97.7 Å². The summed E-state index contributed by atoms with van der Waals surface area (Å²) in [6, 6.07) is -1.20. The van der Waals surface area contributed by atoms with E-state index in [0.717, 1.165) is 4.90 Å². The van der Waals surface area contributed by atoms with Crippen molar-refractivity contribution in [1.82, 2.24) is 4.90 Å². The van der Waals surface area contributed by atoms with E-state index in [-0.39, 0.29) is 12.0 Å². The molecule has 0 aromatic heterocycles. The van der Waals surface area contributed by atoms with Gasteiger partial charge in [0.1, 0.15) is 0 Å². The number of aliphatic carboxylic acids is 1. The minimum absolute atomic E-state index is 0.0939. The van der Waals surface area contributed by atoms with Gasteiger partial charge in [-0.1, -0.05) is 24.8 Å². The lowest BCUT2D eigenvalue weighted by Gasteiger charge is -2.23. The molecule has 1 unspecified atom stereocenters. The van der Waals surface area contributed by atoms with Crippen molar-refractivity contribution in [2.45, 2.75) is 18.9 Å². The summed E-state index contributed by atoms with van der Waals surface area (Å²) in [5.41, 5.74) is 0.682. The first-order valence-electron chi connectivity index (χ1n) is 5.15. The van der Waals surface area contributed by atoms with Gasteiger partial charge in [-0.05, 0) is 12.0 Å². The SMILES string of the molecule is C=C1CC(=O)N(C(C(=O)O)C2=CC=CC2)C1=O. The third kappa shape index (κ3) is 1.80. The predicted octanol–water partition coefficient (Wildman–Crippen LogP) is 0.641. The molecule has 1 saturated heterocycles. The first-order chi connectivity index (χ1) is 8.02. The second-order valence-electron chi connectivity index (χ2n) is 3.96. The molecule has 0 radical (unpaired) electrons. The van der Waals surface area contributed by atoms with Gasteiger partial charge in [0.05, 0.1) is 6.42 Å². The van der Waals surface area contributed by atoms with Gasteiger partial charge < -0.3 is 5.11 Å². The summed E-state index contributed by atoms with van der Waals surface area (Å²) < 4.78 is 0. The van der Waals surface area contributed by atoms with Gasteiger partial charge in [-0.2, -0.15) is 0 Å². The van der Waals surface area contributed by atoms with Gasteiger partial charge >= 0.3 is 5.97 Å². The molecule has 1 fully saturated rings. The Morgan fingerprint density at radius 1 is 1.47 bits per heavy atom. The van der Waals surface area contributed by atoms with Crippen LogP contribution in [0.1, 0.15) is 12.8 Å². The van der Waals surface area contributed by atoms with Crippen LogP contribution < -0.4 is 0 Å². The number of amides is 2. The maximum Gasteiger partial charge on any atom is 0.331 e. The lowest BCUT2D eigenvalue weighted by Crippen LogP contribution is -2.45. The van der Waals surface area contributed by atoms with Crippen molar-refractivity contribution in [3.8, 4) is 0 Å². The van der Waals surface area contributed by atoms with E-state index in [2.05, 4.69) is 6.58 Å². The van der Waals surface area contributed by atoms with E-state index in [1.807, 2.05) is 0 Å². The van der Waals surface area contributed by atoms with Crippen molar-refractivity contribution in [3.63, 3.8) is 0 Å². The number of allylic oxidation sites excluding steroid dienone is 3. The summed E-state index contributed by atoms with van der Waals surface area (Å²) in [5, 5.41) is 9.17. The fraction of sp³-hybridized carbons (Fsp3) is 0.250. The fourth-order valence-corrected chi connectivity index (χ4v) is 1.99. The number of carbonyl (C=O) groups is 3. The third-order valence-corrected chi connectivity index (χ3v) is 2.80. The monoisotopic (exact) mass is 233 g/mol. The van der Waals surface area contributed by atoms with Crippen LogP contribution in [0.25, 0.3) is 0 Å². The molecule has 2 rings (SSSR count). The van der Waals surface area contributed by atoms with E-state index < -0.39 is 23.8 Å². The van der Waals surface area contributed by atoms with Crippen molar-refractivity contribution >= 4 is 17.8 Å². The number of carboxylic acids is 1. The largest absolute Gasteiger partial charge is 0.479 e. The van der Waals surface area contributed by atoms with Crippen LogP contribution in [0.15, 0.2) is 36.0 Å². The van der Waals surface area contributed by atoms with Crippen LogP contribution >= 0.6 is 0 Å². The van der Waals surface area contributed by atoms with Crippen molar-refractivity contribution in [2.24, 2.45) is 0 Å².